The highest BCUT2D eigenvalue weighted by Gasteiger charge is 2.16. The lowest BCUT2D eigenvalue weighted by molar-refractivity contribution is 0.104. The average Bonchev–Trinajstić information content (AvgIpc) is 2.39. The molecular weight excluding hydrogens is 214 g/mol. The number of hydrogen-bond donors (Lipinski definition) is 1. The number of ether oxygens (including phenoxy) is 1. The zero-order chi connectivity index (χ0) is 10.8. The summed E-state index contributed by atoms with van der Waals surface area (Å²) in [7, 11) is 1.76. The van der Waals surface area contributed by atoms with E-state index in [2.05, 4.69) is 5.32 Å². The minimum atomic E-state index is -0.0886. The highest BCUT2D eigenvalue weighted by atomic mass is 35.5. The molecule has 0 aromatic heterocycles. The van der Waals surface area contributed by atoms with Crippen molar-refractivity contribution in [1.82, 2.24) is 5.32 Å². The molecule has 15 heavy (non-hydrogen) atoms. The van der Waals surface area contributed by atoms with Gasteiger partial charge in [0.25, 0.3) is 0 Å². The van der Waals surface area contributed by atoms with Crippen LogP contribution in [0.15, 0.2) is 30.0 Å². The molecule has 0 aliphatic carbocycles. The number of hydrogen-bond acceptors (Lipinski definition) is 3. The van der Waals surface area contributed by atoms with Gasteiger partial charge in [-0.05, 0) is 18.2 Å². The first-order valence-electron chi connectivity index (χ1n) is 4.55. The van der Waals surface area contributed by atoms with E-state index in [4.69, 9.17) is 16.3 Å². The van der Waals surface area contributed by atoms with Crippen molar-refractivity contribution in [2.24, 2.45) is 0 Å². The van der Waals surface area contributed by atoms with E-state index in [0.717, 1.165) is 5.70 Å². The topological polar surface area (TPSA) is 38.3 Å². The lowest BCUT2D eigenvalue weighted by atomic mass is 10.1. The van der Waals surface area contributed by atoms with Gasteiger partial charge in [0.05, 0.1) is 11.3 Å². The molecule has 0 fully saturated rings. The van der Waals surface area contributed by atoms with Gasteiger partial charge >= 0.3 is 0 Å². The van der Waals surface area contributed by atoms with Crippen LogP contribution >= 0.6 is 11.6 Å². The lowest BCUT2D eigenvalue weighted by Crippen LogP contribution is -2.13. The van der Waals surface area contributed by atoms with Gasteiger partial charge < -0.3 is 10.1 Å². The predicted octanol–water partition coefficient (Wildman–Crippen LogP) is 2.02. The number of carbonyl (C=O) groups excluding carboxylic acids is 1. The standard InChI is InChI=1S/C11H10ClNO2/c1-13-8-5-10(14)9-4-7(12)2-3-11(9)15-6-8/h2-5,13H,6H2,1H3. The van der Waals surface area contributed by atoms with Crippen LogP contribution in [0.5, 0.6) is 5.75 Å². The maximum absolute atomic E-state index is 11.8. The molecule has 0 radical (unpaired) electrons. The molecule has 4 heteroatoms. The summed E-state index contributed by atoms with van der Waals surface area (Å²) < 4.78 is 5.47. The summed E-state index contributed by atoms with van der Waals surface area (Å²) in [6.07, 6.45) is 1.53. The van der Waals surface area contributed by atoms with Crippen LogP contribution in [-0.2, 0) is 0 Å². The molecule has 1 aliphatic rings. The number of halogens is 1. The molecule has 78 valence electrons. The fourth-order valence-electron chi connectivity index (χ4n) is 1.40. The average molecular weight is 224 g/mol. The number of carbonyl (C=O) groups is 1. The minimum absolute atomic E-state index is 0.0886. The highest BCUT2D eigenvalue weighted by Crippen LogP contribution is 2.26. The highest BCUT2D eigenvalue weighted by molar-refractivity contribution is 6.31. The van der Waals surface area contributed by atoms with Crippen LogP contribution in [0, 0.1) is 0 Å². The Morgan fingerprint density at radius 3 is 3.00 bits per heavy atom. The SMILES string of the molecule is CNC1=CC(=O)c2cc(Cl)ccc2OC1. The number of rotatable bonds is 1. The number of fused-ring (bicyclic) bond motifs is 1. The van der Waals surface area contributed by atoms with E-state index in [1.54, 1.807) is 25.2 Å². The molecule has 0 saturated heterocycles. The normalized spacial score (nSPS) is 14.8. The van der Waals surface area contributed by atoms with Crippen LogP contribution in [-0.4, -0.2) is 19.4 Å². The van der Waals surface area contributed by atoms with E-state index >= 15 is 0 Å². The van der Waals surface area contributed by atoms with Crippen molar-refractivity contribution >= 4 is 17.4 Å². The molecule has 1 N–H and O–H groups in total. The van der Waals surface area contributed by atoms with Gasteiger partial charge in [-0.3, -0.25) is 4.79 Å². The van der Waals surface area contributed by atoms with Gasteiger partial charge in [-0.1, -0.05) is 11.6 Å². The third-order valence-electron chi connectivity index (χ3n) is 2.22. The van der Waals surface area contributed by atoms with Crippen molar-refractivity contribution in [2.45, 2.75) is 0 Å². The molecule has 0 bridgehead atoms. The molecule has 0 amide bonds. The van der Waals surface area contributed by atoms with Crippen molar-refractivity contribution in [1.29, 1.82) is 0 Å². The van der Waals surface area contributed by atoms with Crippen LogP contribution in [0.2, 0.25) is 5.02 Å². The Morgan fingerprint density at radius 1 is 1.47 bits per heavy atom. The Morgan fingerprint density at radius 2 is 2.27 bits per heavy atom. The summed E-state index contributed by atoms with van der Waals surface area (Å²) in [5.74, 6) is 0.486. The van der Waals surface area contributed by atoms with E-state index in [-0.39, 0.29) is 5.78 Å². The van der Waals surface area contributed by atoms with Crippen LogP contribution in [0.3, 0.4) is 0 Å². The maximum atomic E-state index is 11.8. The van der Waals surface area contributed by atoms with E-state index in [1.165, 1.54) is 6.08 Å². The first kappa shape index (κ1) is 10.1. The molecule has 1 aromatic rings. The van der Waals surface area contributed by atoms with Crippen molar-refractivity contribution in [3.05, 3.63) is 40.6 Å². The number of allylic oxidation sites excluding steroid dienone is 1. The Hall–Kier alpha value is -1.48. The zero-order valence-corrected chi connectivity index (χ0v) is 8.97. The summed E-state index contributed by atoms with van der Waals surface area (Å²) in [6.45, 7) is 0.372. The molecular formula is C11H10ClNO2. The van der Waals surface area contributed by atoms with E-state index in [9.17, 15) is 4.79 Å². The molecule has 3 nitrogen and oxygen atoms in total. The quantitative estimate of drug-likeness (QED) is 0.792. The van der Waals surface area contributed by atoms with E-state index in [0.29, 0.717) is 22.9 Å². The molecule has 2 rings (SSSR count). The fourth-order valence-corrected chi connectivity index (χ4v) is 1.57. The smallest absolute Gasteiger partial charge is 0.191 e. The molecule has 0 unspecified atom stereocenters. The van der Waals surface area contributed by atoms with Gasteiger partial charge in [-0.15, -0.1) is 0 Å². The van der Waals surface area contributed by atoms with Crippen LogP contribution < -0.4 is 10.1 Å². The van der Waals surface area contributed by atoms with E-state index in [1.807, 2.05) is 0 Å². The van der Waals surface area contributed by atoms with E-state index < -0.39 is 0 Å². The van der Waals surface area contributed by atoms with Crippen LogP contribution in [0.1, 0.15) is 10.4 Å². The minimum Gasteiger partial charge on any atom is -0.487 e. The van der Waals surface area contributed by atoms with Gasteiger partial charge in [-0.2, -0.15) is 0 Å². The van der Waals surface area contributed by atoms with Gasteiger partial charge in [0.15, 0.2) is 5.78 Å². The number of benzene rings is 1. The lowest BCUT2D eigenvalue weighted by Gasteiger charge is -2.07. The third kappa shape index (κ3) is 1.97. The van der Waals surface area contributed by atoms with Crippen molar-refractivity contribution in [3.63, 3.8) is 0 Å². The third-order valence-corrected chi connectivity index (χ3v) is 2.45. The summed E-state index contributed by atoms with van der Waals surface area (Å²) in [6, 6.07) is 5.04. The van der Waals surface area contributed by atoms with Crippen molar-refractivity contribution in [2.75, 3.05) is 13.7 Å². The second kappa shape index (κ2) is 3.95. The van der Waals surface area contributed by atoms with Crippen molar-refractivity contribution < 1.29 is 9.53 Å². The second-order valence-corrected chi connectivity index (χ2v) is 3.65. The summed E-state index contributed by atoms with van der Waals surface area (Å²) >= 11 is 5.82. The number of nitrogens with one attached hydrogen (secondary N) is 1. The molecule has 1 aromatic carbocycles. The van der Waals surface area contributed by atoms with Gasteiger partial charge in [-0.25, -0.2) is 0 Å². The van der Waals surface area contributed by atoms with Crippen LogP contribution in [0.4, 0.5) is 0 Å². The summed E-state index contributed by atoms with van der Waals surface area (Å²) in [5, 5.41) is 3.44. The largest absolute Gasteiger partial charge is 0.487 e. The first-order valence-corrected chi connectivity index (χ1v) is 4.93. The second-order valence-electron chi connectivity index (χ2n) is 3.21. The van der Waals surface area contributed by atoms with Crippen LogP contribution in [0.25, 0.3) is 0 Å². The molecule has 1 heterocycles. The zero-order valence-electron chi connectivity index (χ0n) is 8.21. The number of ketones is 1. The monoisotopic (exact) mass is 223 g/mol. The van der Waals surface area contributed by atoms with Gasteiger partial charge in [0.2, 0.25) is 0 Å². The Kier molecular flexibility index (Phi) is 2.64. The van der Waals surface area contributed by atoms with Gasteiger partial charge in [0.1, 0.15) is 12.4 Å². The predicted molar refractivity (Wildman–Crippen MR) is 58.4 cm³/mol. The fraction of sp³-hybridized carbons (Fsp3) is 0.182. The maximum Gasteiger partial charge on any atom is 0.191 e. The summed E-state index contributed by atoms with van der Waals surface area (Å²) in [5.41, 5.74) is 1.26. The number of likely N-dealkylation sites (N-methyl/N-ethyl adjacent to an activating group) is 1. The Labute approximate surface area is 92.7 Å². The summed E-state index contributed by atoms with van der Waals surface area (Å²) in [4.78, 5) is 11.8. The van der Waals surface area contributed by atoms with Crippen molar-refractivity contribution in [3.8, 4) is 5.75 Å². The Balaban J connectivity index is 2.46. The molecule has 1 aliphatic heterocycles. The molecule has 0 spiro atoms. The first-order chi connectivity index (χ1) is 7.20. The molecule has 0 saturated carbocycles. The molecule has 0 atom stereocenters. The van der Waals surface area contributed by atoms with Gasteiger partial charge in [0, 0.05) is 18.1 Å². The Bertz CT molecular complexity index is 440.